The lowest BCUT2D eigenvalue weighted by atomic mass is 10.1. The SMILES string of the molecule is CCC[C@H](NC(=O)CCNC1CC1)C(=O)O. The van der Waals surface area contributed by atoms with Crippen molar-refractivity contribution in [3.63, 3.8) is 0 Å². The summed E-state index contributed by atoms with van der Waals surface area (Å²) in [6, 6.07) is -0.155. The lowest BCUT2D eigenvalue weighted by Gasteiger charge is -2.13. The van der Waals surface area contributed by atoms with Gasteiger partial charge in [-0.2, -0.15) is 0 Å². The highest BCUT2D eigenvalue weighted by Gasteiger charge is 2.21. The molecule has 0 bridgehead atoms. The van der Waals surface area contributed by atoms with Gasteiger partial charge in [-0.25, -0.2) is 4.79 Å². The van der Waals surface area contributed by atoms with Crippen LogP contribution in [0.4, 0.5) is 0 Å². The molecule has 0 aromatic rings. The van der Waals surface area contributed by atoms with E-state index in [0.29, 0.717) is 25.4 Å². The van der Waals surface area contributed by atoms with Crippen molar-refractivity contribution in [2.75, 3.05) is 6.54 Å². The molecule has 1 atom stereocenters. The van der Waals surface area contributed by atoms with Crippen LogP contribution in [-0.4, -0.2) is 35.6 Å². The van der Waals surface area contributed by atoms with Gasteiger partial charge in [0.25, 0.3) is 0 Å². The minimum Gasteiger partial charge on any atom is -0.480 e. The number of carbonyl (C=O) groups excluding carboxylic acids is 1. The van der Waals surface area contributed by atoms with E-state index < -0.39 is 12.0 Å². The van der Waals surface area contributed by atoms with Crippen molar-refractivity contribution in [3.05, 3.63) is 0 Å². The first-order valence-corrected chi connectivity index (χ1v) is 5.89. The minimum atomic E-state index is -0.953. The molecule has 3 N–H and O–H groups in total. The quantitative estimate of drug-likeness (QED) is 0.565. The molecule has 0 aromatic carbocycles. The van der Waals surface area contributed by atoms with Gasteiger partial charge >= 0.3 is 5.97 Å². The minimum absolute atomic E-state index is 0.186. The second-order valence-corrected chi connectivity index (χ2v) is 4.23. The van der Waals surface area contributed by atoms with Crippen LogP contribution in [0.2, 0.25) is 0 Å². The molecule has 5 nitrogen and oxygen atoms in total. The van der Waals surface area contributed by atoms with Gasteiger partial charge in [0, 0.05) is 19.0 Å². The summed E-state index contributed by atoms with van der Waals surface area (Å²) in [7, 11) is 0. The summed E-state index contributed by atoms with van der Waals surface area (Å²) in [5, 5.41) is 14.6. The van der Waals surface area contributed by atoms with Crippen LogP contribution < -0.4 is 10.6 Å². The van der Waals surface area contributed by atoms with E-state index in [4.69, 9.17) is 5.11 Å². The Balaban J connectivity index is 2.15. The first-order chi connectivity index (χ1) is 7.63. The van der Waals surface area contributed by atoms with Crippen LogP contribution in [0, 0.1) is 0 Å². The molecule has 16 heavy (non-hydrogen) atoms. The van der Waals surface area contributed by atoms with E-state index >= 15 is 0 Å². The standard InChI is InChI=1S/C11H20N2O3/c1-2-3-9(11(15)16)13-10(14)6-7-12-8-4-5-8/h8-9,12H,2-7H2,1H3,(H,13,14)(H,15,16)/t9-/m0/s1. The highest BCUT2D eigenvalue weighted by molar-refractivity contribution is 5.83. The van der Waals surface area contributed by atoms with Gasteiger partial charge in [-0.05, 0) is 19.3 Å². The maximum atomic E-state index is 11.4. The van der Waals surface area contributed by atoms with E-state index in [1.807, 2.05) is 6.92 Å². The molecule has 1 aliphatic carbocycles. The van der Waals surface area contributed by atoms with Crippen LogP contribution in [0.1, 0.15) is 39.0 Å². The highest BCUT2D eigenvalue weighted by Crippen LogP contribution is 2.18. The molecular weight excluding hydrogens is 208 g/mol. The average molecular weight is 228 g/mol. The largest absolute Gasteiger partial charge is 0.480 e. The lowest BCUT2D eigenvalue weighted by molar-refractivity contribution is -0.142. The van der Waals surface area contributed by atoms with Gasteiger partial charge in [0.05, 0.1) is 0 Å². The van der Waals surface area contributed by atoms with Gasteiger partial charge < -0.3 is 15.7 Å². The molecule has 0 saturated heterocycles. The van der Waals surface area contributed by atoms with E-state index in [-0.39, 0.29) is 5.91 Å². The van der Waals surface area contributed by atoms with E-state index in [0.717, 1.165) is 6.42 Å². The third-order valence-corrected chi connectivity index (χ3v) is 2.57. The summed E-state index contributed by atoms with van der Waals surface area (Å²) in [6.45, 7) is 2.53. The van der Waals surface area contributed by atoms with Crippen molar-refractivity contribution in [1.29, 1.82) is 0 Å². The summed E-state index contributed by atoms with van der Waals surface area (Å²) in [4.78, 5) is 22.2. The molecule has 1 saturated carbocycles. The van der Waals surface area contributed by atoms with E-state index in [2.05, 4.69) is 10.6 Å². The molecule has 1 aliphatic rings. The number of carbonyl (C=O) groups is 2. The van der Waals surface area contributed by atoms with Crippen LogP contribution in [0.3, 0.4) is 0 Å². The number of nitrogens with one attached hydrogen (secondary N) is 2. The topological polar surface area (TPSA) is 78.4 Å². The van der Waals surface area contributed by atoms with Crippen molar-refractivity contribution >= 4 is 11.9 Å². The van der Waals surface area contributed by atoms with Crippen molar-refractivity contribution in [3.8, 4) is 0 Å². The molecule has 0 aromatic heterocycles. The lowest BCUT2D eigenvalue weighted by Crippen LogP contribution is -2.41. The zero-order valence-corrected chi connectivity index (χ0v) is 9.66. The highest BCUT2D eigenvalue weighted by atomic mass is 16.4. The van der Waals surface area contributed by atoms with Crippen molar-refractivity contribution in [2.45, 2.75) is 51.1 Å². The summed E-state index contributed by atoms with van der Waals surface area (Å²) in [6.07, 6.45) is 3.96. The maximum absolute atomic E-state index is 11.4. The Kier molecular flexibility index (Phi) is 5.25. The Hall–Kier alpha value is -1.10. The van der Waals surface area contributed by atoms with E-state index in [9.17, 15) is 9.59 Å². The number of hydrogen-bond donors (Lipinski definition) is 3. The molecule has 0 aliphatic heterocycles. The van der Waals surface area contributed by atoms with E-state index in [1.54, 1.807) is 0 Å². The summed E-state index contributed by atoms with van der Waals surface area (Å²) in [5.41, 5.74) is 0. The Morgan fingerprint density at radius 3 is 2.62 bits per heavy atom. The molecule has 92 valence electrons. The fourth-order valence-electron chi connectivity index (χ4n) is 1.49. The third-order valence-electron chi connectivity index (χ3n) is 2.57. The van der Waals surface area contributed by atoms with E-state index in [1.165, 1.54) is 12.8 Å². The molecule has 0 radical (unpaired) electrons. The van der Waals surface area contributed by atoms with Gasteiger partial charge in [0.15, 0.2) is 0 Å². The van der Waals surface area contributed by atoms with Crippen LogP contribution in [0.15, 0.2) is 0 Å². The second kappa shape index (κ2) is 6.48. The van der Waals surface area contributed by atoms with Crippen LogP contribution >= 0.6 is 0 Å². The Morgan fingerprint density at radius 1 is 1.44 bits per heavy atom. The van der Waals surface area contributed by atoms with Crippen molar-refractivity contribution in [2.24, 2.45) is 0 Å². The summed E-state index contributed by atoms with van der Waals surface area (Å²) < 4.78 is 0. The molecule has 0 heterocycles. The smallest absolute Gasteiger partial charge is 0.326 e. The maximum Gasteiger partial charge on any atom is 0.326 e. The normalized spacial score (nSPS) is 16.8. The predicted molar refractivity (Wildman–Crippen MR) is 60.1 cm³/mol. The molecular formula is C11H20N2O3. The predicted octanol–water partition coefficient (Wildman–Crippen LogP) is 0.498. The number of carboxylic acids is 1. The fraction of sp³-hybridized carbons (Fsp3) is 0.818. The van der Waals surface area contributed by atoms with Gasteiger partial charge in [-0.1, -0.05) is 13.3 Å². The van der Waals surface area contributed by atoms with Crippen LogP contribution in [-0.2, 0) is 9.59 Å². The monoisotopic (exact) mass is 228 g/mol. The Labute approximate surface area is 95.6 Å². The Morgan fingerprint density at radius 2 is 2.12 bits per heavy atom. The number of aliphatic carboxylic acids is 1. The molecule has 0 spiro atoms. The van der Waals surface area contributed by atoms with Gasteiger partial charge in [0.1, 0.15) is 6.04 Å². The third kappa shape index (κ3) is 5.11. The fourth-order valence-corrected chi connectivity index (χ4v) is 1.49. The number of amides is 1. The summed E-state index contributed by atoms with van der Waals surface area (Å²) in [5.74, 6) is -1.14. The van der Waals surface area contributed by atoms with Gasteiger partial charge in [-0.15, -0.1) is 0 Å². The Bertz CT molecular complexity index is 252. The van der Waals surface area contributed by atoms with Crippen molar-refractivity contribution < 1.29 is 14.7 Å². The van der Waals surface area contributed by atoms with Gasteiger partial charge in [-0.3, -0.25) is 4.79 Å². The van der Waals surface area contributed by atoms with Gasteiger partial charge in [0.2, 0.25) is 5.91 Å². The molecule has 0 unspecified atom stereocenters. The molecule has 5 heteroatoms. The zero-order chi connectivity index (χ0) is 12.0. The number of rotatable bonds is 8. The van der Waals surface area contributed by atoms with Crippen molar-refractivity contribution in [1.82, 2.24) is 10.6 Å². The number of hydrogen-bond acceptors (Lipinski definition) is 3. The zero-order valence-electron chi connectivity index (χ0n) is 9.66. The molecule has 1 fully saturated rings. The first-order valence-electron chi connectivity index (χ1n) is 5.89. The first kappa shape index (κ1) is 13.0. The van der Waals surface area contributed by atoms with Crippen LogP contribution in [0.5, 0.6) is 0 Å². The average Bonchev–Trinajstić information content (AvgIpc) is 3.01. The van der Waals surface area contributed by atoms with Crippen LogP contribution in [0.25, 0.3) is 0 Å². The summed E-state index contributed by atoms with van der Waals surface area (Å²) >= 11 is 0. The second-order valence-electron chi connectivity index (χ2n) is 4.23. The number of carboxylic acid groups (broad SMARTS) is 1. The molecule has 1 amide bonds. The molecule has 1 rings (SSSR count).